The van der Waals surface area contributed by atoms with E-state index in [9.17, 15) is 14.4 Å². The topological polar surface area (TPSA) is 72.9 Å². The van der Waals surface area contributed by atoms with Gasteiger partial charge in [-0.1, -0.05) is 12.7 Å². The summed E-state index contributed by atoms with van der Waals surface area (Å²) in [5.41, 5.74) is 0. The third-order valence-electron chi connectivity index (χ3n) is 3.44. The van der Waals surface area contributed by atoms with Gasteiger partial charge in [-0.15, -0.1) is 0 Å². The lowest BCUT2D eigenvalue weighted by molar-refractivity contribution is -0.148. The summed E-state index contributed by atoms with van der Waals surface area (Å²) in [4.78, 5) is 35.5. The highest BCUT2D eigenvalue weighted by Crippen LogP contribution is 2.27. The Morgan fingerprint density at radius 2 is 2.20 bits per heavy atom. The van der Waals surface area contributed by atoms with Gasteiger partial charge in [0, 0.05) is 13.0 Å². The summed E-state index contributed by atoms with van der Waals surface area (Å²) in [6, 6.07) is -0.636. The normalized spacial score (nSPS) is 21.9. The molecule has 0 aromatic rings. The number of piperidine rings is 1. The van der Waals surface area contributed by atoms with E-state index in [0.29, 0.717) is 19.4 Å². The number of likely N-dealkylation sites (tertiary alicyclic amines) is 1. The standard InChI is InChI=1S/C14H21NO5/c1-3-9-20-14(18)15-7-6-11(5-4-8-16)10-12(15)13(17)19-2/h3,8,11-12H,1,4-7,9-10H2,2H3. The smallest absolute Gasteiger partial charge is 0.410 e. The molecule has 1 fully saturated rings. The summed E-state index contributed by atoms with van der Waals surface area (Å²) in [5.74, 6) is -0.205. The maximum absolute atomic E-state index is 11.9. The minimum atomic E-state index is -0.636. The Kier molecular flexibility index (Phi) is 6.76. The van der Waals surface area contributed by atoms with Gasteiger partial charge in [-0.05, 0) is 25.2 Å². The molecule has 0 spiro atoms. The Bertz CT molecular complexity index is 369. The van der Waals surface area contributed by atoms with Gasteiger partial charge in [0.1, 0.15) is 18.9 Å². The number of methoxy groups -OCH3 is 1. The summed E-state index contributed by atoms with van der Waals surface area (Å²) in [6.07, 6.45) is 4.27. The van der Waals surface area contributed by atoms with Crippen molar-refractivity contribution in [3.05, 3.63) is 12.7 Å². The van der Waals surface area contributed by atoms with E-state index in [-0.39, 0.29) is 12.5 Å². The number of hydrogen-bond acceptors (Lipinski definition) is 5. The average Bonchev–Trinajstić information content (AvgIpc) is 2.49. The molecule has 112 valence electrons. The lowest BCUT2D eigenvalue weighted by Crippen LogP contribution is -2.50. The molecule has 0 radical (unpaired) electrons. The number of esters is 1. The highest BCUT2D eigenvalue weighted by atomic mass is 16.6. The van der Waals surface area contributed by atoms with Gasteiger partial charge in [0.25, 0.3) is 0 Å². The van der Waals surface area contributed by atoms with E-state index in [4.69, 9.17) is 9.47 Å². The lowest BCUT2D eigenvalue weighted by atomic mass is 9.87. The molecule has 6 heteroatoms. The molecule has 1 amide bonds. The first kappa shape index (κ1) is 16.2. The van der Waals surface area contributed by atoms with Gasteiger partial charge in [0.05, 0.1) is 7.11 Å². The minimum absolute atomic E-state index is 0.109. The van der Waals surface area contributed by atoms with Crippen molar-refractivity contribution in [1.29, 1.82) is 0 Å². The number of carbonyl (C=O) groups is 3. The van der Waals surface area contributed by atoms with E-state index in [1.165, 1.54) is 18.1 Å². The highest BCUT2D eigenvalue weighted by Gasteiger charge is 2.37. The van der Waals surface area contributed by atoms with Gasteiger partial charge in [-0.2, -0.15) is 0 Å². The molecule has 0 saturated carbocycles. The molecule has 0 aromatic carbocycles. The summed E-state index contributed by atoms with van der Waals surface area (Å²) in [6.45, 7) is 4.01. The number of ether oxygens (including phenoxy) is 2. The molecule has 2 atom stereocenters. The van der Waals surface area contributed by atoms with Crippen molar-refractivity contribution >= 4 is 18.3 Å². The van der Waals surface area contributed by atoms with Crippen molar-refractivity contribution in [3.8, 4) is 0 Å². The Morgan fingerprint density at radius 1 is 1.45 bits per heavy atom. The molecule has 1 aliphatic rings. The van der Waals surface area contributed by atoms with Crippen LogP contribution < -0.4 is 0 Å². The number of amides is 1. The fraction of sp³-hybridized carbons (Fsp3) is 0.643. The van der Waals surface area contributed by atoms with E-state index in [2.05, 4.69) is 6.58 Å². The molecule has 0 aromatic heterocycles. The van der Waals surface area contributed by atoms with Crippen molar-refractivity contribution in [3.63, 3.8) is 0 Å². The van der Waals surface area contributed by atoms with Crippen molar-refractivity contribution < 1.29 is 23.9 Å². The Balaban J connectivity index is 2.69. The largest absolute Gasteiger partial charge is 0.467 e. The SMILES string of the molecule is C=CCOC(=O)N1CCC(CCC=O)CC1C(=O)OC. The Morgan fingerprint density at radius 3 is 2.80 bits per heavy atom. The fourth-order valence-corrected chi connectivity index (χ4v) is 2.40. The second kappa shape index (κ2) is 8.35. The quantitative estimate of drug-likeness (QED) is 0.420. The third-order valence-corrected chi connectivity index (χ3v) is 3.44. The number of aldehydes is 1. The molecular formula is C14H21NO5. The first-order valence-corrected chi connectivity index (χ1v) is 6.69. The molecule has 0 bridgehead atoms. The summed E-state index contributed by atoms with van der Waals surface area (Å²) in [5, 5.41) is 0. The van der Waals surface area contributed by atoms with Gasteiger partial charge in [0.15, 0.2) is 0 Å². The molecule has 6 nitrogen and oxygen atoms in total. The number of nitrogens with zero attached hydrogens (tertiary/aromatic N) is 1. The fourth-order valence-electron chi connectivity index (χ4n) is 2.40. The molecule has 2 unspecified atom stereocenters. The van der Waals surface area contributed by atoms with Gasteiger partial charge in [-0.25, -0.2) is 9.59 Å². The van der Waals surface area contributed by atoms with Gasteiger partial charge >= 0.3 is 12.1 Å². The summed E-state index contributed by atoms with van der Waals surface area (Å²) >= 11 is 0. The van der Waals surface area contributed by atoms with Crippen LogP contribution in [-0.2, 0) is 19.1 Å². The zero-order chi connectivity index (χ0) is 15.0. The van der Waals surface area contributed by atoms with Crippen molar-refractivity contribution in [2.75, 3.05) is 20.3 Å². The Labute approximate surface area is 118 Å². The van der Waals surface area contributed by atoms with Crippen LogP contribution in [0, 0.1) is 5.92 Å². The average molecular weight is 283 g/mol. The van der Waals surface area contributed by atoms with Gasteiger partial charge in [-0.3, -0.25) is 4.90 Å². The van der Waals surface area contributed by atoms with Crippen LogP contribution in [0.3, 0.4) is 0 Å². The van der Waals surface area contributed by atoms with Gasteiger partial charge in [0.2, 0.25) is 0 Å². The predicted octanol–water partition coefficient (Wildman–Crippen LogP) is 1.54. The van der Waals surface area contributed by atoms with E-state index in [1.54, 1.807) is 0 Å². The molecule has 1 aliphatic heterocycles. The maximum atomic E-state index is 11.9. The van der Waals surface area contributed by atoms with Crippen molar-refractivity contribution in [1.82, 2.24) is 4.90 Å². The van der Waals surface area contributed by atoms with E-state index >= 15 is 0 Å². The number of carbonyl (C=O) groups excluding carboxylic acids is 3. The van der Waals surface area contributed by atoms with Crippen LogP contribution >= 0.6 is 0 Å². The van der Waals surface area contributed by atoms with Crippen LogP contribution in [0.4, 0.5) is 4.79 Å². The van der Waals surface area contributed by atoms with E-state index in [0.717, 1.165) is 19.1 Å². The molecule has 0 N–H and O–H groups in total. The second-order valence-electron chi connectivity index (χ2n) is 4.73. The van der Waals surface area contributed by atoms with Crippen LogP contribution in [0.25, 0.3) is 0 Å². The van der Waals surface area contributed by atoms with Crippen LogP contribution in [0.1, 0.15) is 25.7 Å². The van der Waals surface area contributed by atoms with Crippen molar-refractivity contribution in [2.45, 2.75) is 31.7 Å². The van der Waals surface area contributed by atoms with Crippen LogP contribution in [0.15, 0.2) is 12.7 Å². The van der Waals surface area contributed by atoms with Gasteiger partial charge < -0.3 is 14.3 Å². The first-order valence-electron chi connectivity index (χ1n) is 6.69. The molecule has 0 aliphatic carbocycles. The first-order chi connectivity index (χ1) is 9.63. The highest BCUT2D eigenvalue weighted by molar-refractivity contribution is 5.81. The summed E-state index contributed by atoms with van der Waals surface area (Å²) < 4.78 is 9.73. The number of hydrogen-bond donors (Lipinski definition) is 0. The van der Waals surface area contributed by atoms with Crippen LogP contribution in [0.5, 0.6) is 0 Å². The molecule has 1 rings (SSSR count). The van der Waals surface area contributed by atoms with Crippen LogP contribution in [-0.4, -0.2) is 49.6 Å². The second-order valence-corrected chi connectivity index (χ2v) is 4.73. The zero-order valence-corrected chi connectivity index (χ0v) is 11.7. The Hall–Kier alpha value is -1.85. The van der Waals surface area contributed by atoms with Crippen LogP contribution in [0.2, 0.25) is 0 Å². The van der Waals surface area contributed by atoms with Crippen molar-refractivity contribution in [2.24, 2.45) is 5.92 Å². The zero-order valence-electron chi connectivity index (χ0n) is 11.7. The molecule has 1 heterocycles. The van der Waals surface area contributed by atoms with E-state index in [1.807, 2.05) is 0 Å². The number of rotatable bonds is 6. The summed E-state index contributed by atoms with van der Waals surface area (Å²) in [7, 11) is 1.30. The molecule has 1 saturated heterocycles. The lowest BCUT2D eigenvalue weighted by Gasteiger charge is -2.36. The minimum Gasteiger partial charge on any atom is -0.467 e. The third kappa shape index (κ3) is 4.36. The monoisotopic (exact) mass is 283 g/mol. The molecular weight excluding hydrogens is 262 g/mol. The predicted molar refractivity (Wildman–Crippen MR) is 72.1 cm³/mol. The molecule has 20 heavy (non-hydrogen) atoms. The van der Waals surface area contributed by atoms with E-state index < -0.39 is 18.1 Å². The maximum Gasteiger partial charge on any atom is 0.410 e.